The molecule has 0 aliphatic heterocycles. The van der Waals surface area contributed by atoms with Crippen LogP contribution in [0.25, 0.3) is 0 Å². The lowest BCUT2D eigenvalue weighted by Crippen LogP contribution is -2.40. The number of nitrogens with one attached hydrogen (secondary N) is 2. The molecule has 0 aliphatic rings. The van der Waals surface area contributed by atoms with Gasteiger partial charge in [0.2, 0.25) is 5.91 Å². The van der Waals surface area contributed by atoms with Crippen LogP contribution in [0.3, 0.4) is 0 Å². The van der Waals surface area contributed by atoms with Gasteiger partial charge < -0.3 is 10.6 Å². The molecule has 0 saturated heterocycles. The Balaban J connectivity index is 1.90. The number of aromatic nitrogens is 1. The maximum atomic E-state index is 12.1. The number of amides is 2. The minimum atomic E-state index is -0.240. The molecular formula is C16H19N3O2S. The van der Waals surface area contributed by atoms with Gasteiger partial charge in [-0.25, -0.2) is 0 Å². The minimum Gasteiger partial charge on any atom is -0.346 e. The topological polar surface area (TPSA) is 71.1 Å². The lowest BCUT2D eigenvalue weighted by molar-refractivity contribution is -0.121. The van der Waals surface area contributed by atoms with E-state index in [0.717, 1.165) is 5.69 Å². The Morgan fingerprint density at radius 3 is 2.68 bits per heavy atom. The normalized spacial score (nSPS) is 12.0. The second kappa shape index (κ2) is 7.70. The zero-order chi connectivity index (χ0) is 15.9. The summed E-state index contributed by atoms with van der Waals surface area (Å²) in [7, 11) is 0. The predicted octanol–water partition coefficient (Wildman–Crippen LogP) is 2.39. The fourth-order valence-corrected chi connectivity index (χ4v) is 2.66. The highest BCUT2D eigenvalue weighted by Gasteiger charge is 2.19. The Morgan fingerprint density at radius 2 is 2.09 bits per heavy atom. The van der Waals surface area contributed by atoms with Gasteiger partial charge in [0.15, 0.2) is 0 Å². The molecule has 1 unspecified atom stereocenters. The van der Waals surface area contributed by atoms with Gasteiger partial charge >= 0.3 is 0 Å². The molecule has 2 aromatic rings. The van der Waals surface area contributed by atoms with Crippen LogP contribution >= 0.6 is 11.3 Å². The van der Waals surface area contributed by atoms with E-state index in [4.69, 9.17) is 0 Å². The van der Waals surface area contributed by atoms with Gasteiger partial charge in [0.25, 0.3) is 5.91 Å². The van der Waals surface area contributed by atoms with E-state index in [1.54, 1.807) is 17.6 Å². The molecule has 0 bridgehead atoms. The molecule has 0 radical (unpaired) electrons. The van der Waals surface area contributed by atoms with E-state index in [9.17, 15) is 9.59 Å². The van der Waals surface area contributed by atoms with Crippen molar-refractivity contribution in [2.75, 3.05) is 6.54 Å². The molecule has 116 valence electrons. The smallest absolute Gasteiger partial charge is 0.252 e. The van der Waals surface area contributed by atoms with E-state index in [-0.39, 0.29) is 30.3 Å². The summed E-state index contributed by atoms with van der Waals surface area (Å²) >= 11 is 1.44. The predicted molar refractivity (Wildman–Crippen MR) is 86.6 cm³/mol. The zero-order valence-electron chi connectivity index (χ0n) is 12.6. The van der Waals surface area contributed by atoms with Gasteiger partial charge in [-0.3, -0.25) is 14.6 Å². The number of hydrogen-bond acceptors (Lipinski definition) is 4. The number of hydrogen-bond donors (Lipinski definition) is 2. The average Bonchev–Trinajstić information content (AvgIpc) is 3.05. The van der Waals surface area contributed by atoms with Crippen LogP contribution in [0.4, 0.5) is 0 Å². The van der Waals surface area contributed by atoms with Gasteiger partial charge in [-0.1, -0.05) is 19.9 Å². The van der Waals surface area contributed by atoms with E-state index in [1.807, 2.05) is 37.4 Å². The Bertz CT molecular complexity index is 612. The van der Waals surface area contributed by atoms with Gasteiger partial charge in [0, 0.05) is 17.1 Å². The molecule has 0 aliphatic carbocycles. The molecule has 6 heteroatoms. The van der Waals surface area contributed by atoms with Gasteiger partial charge in [0.05, 0.1) is 18.3 Å². The van der Waals surface area contributed by atoms with Crippen LogP contribution < -0.4 is 10.6 Å². The highest BCUT2D eigenvalue weighted by molar-refractivity contribution is 7.08. The van der Waals surface area contributed by atoms with Crippen molar-refractivity contribution in [3.63, 3.8) is 0 Å². The van der Waals surface area contributed by atoms with Gasteiger partial charge in [-0.05, 0) is 29.5 Å². The first kappa shape index (κ1) is 16.2. The summed E-state index contributed by atoms with van der Waals surface area (Å²) in [6.45, 7) is 3.98. The Morgan fingerprint density at radius 1 is 1.27 bits per heavy atom. The summed E-state index contributed by atoms with van der Waals surface area (Å²) in [6.07, 6.45) is 1.70. The summed E-state index contributed by atoms with van der Waals surface area (Å²) in [5.74, 6) is -0.269. The molecule has 1 atom stereocenters. The number of thiophene rings is 1. The lowest BCUT2D eigenvalue weighted by Gasteiger charge is -2.22. The summed E-state index contributed by atoms with van der Waals surface area (Å²) in [5.41, 5.74) is 1.39. The monoisotopic (exact) mass is 317 g/mol. The van der Waals surface area contributed by atoms with E-state index in [2.05, 4.69) is 15.6 Å². The second-order valence-corrected chi connectivity index (χ2v) is 6.02. The first-order chi connectivity index (χ1) is 10.6. The summed E-state index contributed by atoms with van der Waals surface area (Å²) in [4.78, 5) is 28.1. The molecule has 2 rings (SSSR count). The molecule has 5 nitrogen and oxygen atoms in total. The van der Waals surface area contributed by atoms with Crippen molar-refractivity contribution in [3.8, 4) is 0 Å². The molecule has 2 aromatic heterocycles. The molecule has 0 aromatic carbocycles. The maximum Gasteiger partial charge on any atom is 0.252 e. The minimum absolute atomic E-state index is 0.0509. The number of pyridine rings is 1. The summed E-state index contributed by atoms with van der Waals surface area (Å²) < 4.78 is 0. The quantitative estimate of drug-likeness (QED) is 0.859. The van der Waals surface area contributed by atoms with Crippen LogP contribution in [0.2, 0.25) is 0 Å². The molecule has 22 heavy (non-hydrogen) atoms. The van der Waals surface area contributed by atoms with Crippen molar-refractivity contribution in [1.82, 2.24) is 15.6 Å². The largest absolute Gasteiger partial charge is 0.346 e. The summed E-state index contributed by atoms with van der Waals surface area (Å²) in [5, 5.41) is 9.11. The highest BCUT2D eigenvalue weighted by atomic mass is 32.1. The first-order valence-corrected chi connectivity index (χ1v) is 8.03. The van der Waals surface area contributed by atoms with Crippen molar-refractivity contribution in [1.29, 1.82) is 0 Å². The van der Waals surface area contributed by atoms with Gasteiger partial charge in [-0.15, -0.1) is 0 Å². The van der Waals surface area contributed by atoms with Crippen molar-refractivity contribution in [3.05, 3.63) is 52.5 Å². The van der Waals surface area contributed by atoms with Crippen LogP contribution in [0, 0.1) is 5.92 Å². The summed E-state index contributed by atoms with van der Waals surface area (Å²) in [6, 6.07) is 7.16. The number of nitrogens with zero attached hydrogens (tertiary/aromatic N) is 1. The second-order valence-electron chi connectivity index (χ2n) is 5.24. The van der Waals surface area contributed by atoms with Gasteiger partial charge in [0.1, 0.15) is 0 Å². The first-order valence-electron chi connectivity index (χ1n) is 7.08. The fourth-order valence-electron chi connectivity index (χ4n) is 2.02. The molecular weight excluding hydrogens is 298 g/mol. The van der Waals surface area contributed by atoms with Crippen molar-refractivity contribution < 1.29 is 9.59 Å². The van der Waals surface area contributed by atoms with Crippen LogP contribution in [0.5, 0.6) is 0 Å². The van der Waals surface area contributed by atoms with Crippen LogP contribution in [0.1, 0.15) is 35.9 Å². The standard InChI is InChI=1S/C16H19N3O2S/c1-11(2)15(13-5-3-4-7-17-13)19-14(20)9-18-16(21)12-6-8-22-10-12/h3-8,10-11,15H,9H2,1-2H3,(H,18,21)(H,19,20). The molecule has 2 heterocycles. The maximum absolute atomic E-state index is 12.1. The Kier molecular flexibility index (Phi) is 5.66. The SMILES string of the molecule is CC(C)C(NC(=O)CNC(=O)c1ccsc1)c1ccccn1. The third-order valence-electron chi connectivity index (χ3n) is 3.18. The van der Waals surface area contributed by atoms with E-state index >= 15 is 0 Å². The lowest BCUT2D eigenvalue weighted by atomic mass is 10.0. The fraction of sp³-hybridized carbons (Fsp3) is 0.312. The van der Waals surface area contributed by atoms with Gasteiger partial charge in [-0.2, -0.15) is 11.3 Å². The van der Waals surface area contributed by atoms with Crippen molar-refractivity contribution in [2.45, 2.75) is 19.9 Å². The number of rotatable bonds is 6. The zero-order valence-corrected chi connectivity index (χ0v) is 13.4. The van der Waals surface area contributed by atoms with Crippen LogP contribution in [0.15, 0.2) is 41.2 Å². The molecule has 2 N–H and O–H groups in total. The molecule has 0 fully saturated rings. The average molecular weight is 317 g/mol. The van der Waals surface area contributed by atoms with Crippen molar-refractivity contribution in [2.24, 2.45) is 5.92 Å². The Hall–Kier alpha value is -2.21. The van der Waals surface area contributed by atoms with Crippen LogP contribution in [-0.2, 0) is 4.79 Å². The van der Waals surface area contributed by atoms with Crippen molar-refractivity contribution >= 4 is 23.2 Å². The van der Waals surface area contributed by atoms with E-state index in [1.165, 1.54) is 11.3 Å². The molecule has 2 amide bonds. The third kappa shape index (κ3) is 4.39. The Labute approximate surface area is 133 Å². The van der Waals surface area contributed by atoms with Crippen LogP contribution in [-0.4, -0.2) is 23.3 Å². The molecule has 0 spiro atoms. The third-order valence-corrected chi connectivity index (χ3v) is 3.87. The van der Waals surface area contributed by atoms with E-state index in [0.29, 0.717) is 5.56 Å². The number of carbonyl (C=O) groups is 2. The molecule has 0 saturated carbocycles. The highest BCUT2D eigenvalue weighted by Crippen LogP contribution is 2.18. The number of carbonyl (C=O) groups excluding carboxylic acids is 2. The van der Waals surface area contributed by atoms with E-state index < -0.39 is 0 Å².